The van der Waals surface area contributed by atoms with Crippen molar-refractivity contribution in [1.82, 2.24) is 4.98 Å². The van der Waals surface area contributed by atoms with E-state index < -0.39 is 6.37 Å². The first-order valence-corrected chi connectivity index (χ1v) is 13.1. The monoisotopic (exact) mass is 673 g/mol. The maximum absolute atomic E-state index is 11.7. The Morgan fingerprint density at radius 2 is 1.65 bits per heavy atom. The van der Waals surface area contributed by atoms with Gasteiger partial charge in [-0.3, -0.25) is 9.78 Å². The summed E-state index contributed by atoms with van der Waals surface area (Å²) in [6.07, 6.45) is 3.34. The first kappa shape index (κ1) is 25.8. The molecule has 0 bridgehead atoms. The molecule has 3 aromatic carbocycles. The van der Waals surface area contributed by atoms with E-state index in [-0.39, 0.29) is 43.5 Å². The van der Waals surface area contributed by atoms with E-state index in [1.165, 1.54) is 6.08 Å². The number of carbonyl (C=O) groups excluding carboxylic acids is 1. The number of aromatic nitrogens is 1. The van der Waals surface area contributed by atoms with Gasteiger partial charge in [-0.2, -0.15) is 0 Å². The summed E-state index contributed by atoms with van der Waals surface area (Å²) in [5.41, 5.74) is 3.81. The number of hydrogen-bond donors (Lipinski definition) is 1. The fourth-order valence-corrected chi connectivity index (χ4v) is 4.89. The molecule has 3 nitrogen and oxygen atoms in total. The average molecular weight is 673 g/mol. The van der Waals surface area contributed by atoms with Crippen molar-refractivity contribution in [2.75, 3.05) is 0 Å². The molecule has 4 heteroatoms. The van der Waals surface area contributed by atoms with E-state index in [2.05, 4.69) is 6.07 Å². The minimum atomic E-state index is -1.56. The smallest absolute Gasteiger partial charge is 0.162 e. The van der Waals surface area contributed by atoms with Crippen molar-refractivity contribution >= 4 is 27.5 Å². The molecule has 0 unspecified atom stereocenters. The molecule has 1 aromatic heterocycles. The predicted octanol–water partition coefficient (Wildman–Crippen LogP) is 8.63. The Balaban J connectivity index is 0.000000233. The van der Waals surface area contributed by atoms with Crippen LogP contribution in [-0.2, 0) is 31.3 Å². The molecule has 0 spiro atoms. The number of rotatable bonds is 7. The third-order valence-electron chi connectivity index (χ3n) is 7.15. The first-order chi connectivity index (χ1) is 18.3. The van der Waals surface area contributed by atoms with Crippen LogP contribution in [0.3, 0.4) is 0 Å². The molecule has 0 saturated heterocycles. The van der Waals surface area contributed by atoms with Gasteiger partial charge in [0.25, 0.3) is 0 Å². The Kier molecular flexibility index (Phi) is 9.16. The number of para-hydroxylation sites is 1. The van der Waals surface area contributed by atoms with Gasteiger partial charge < -0.3 is 5.11 Å². The fraction of sp³-hybridized carbons (Fsp3) is 0.333. The Morgan fingerprint density at radius 1 is 0.973 bits per heavy atom. The minimum absolute atomic E-state index is 0. The molecular formula is C33H36IrNO2-. The van der Waals surface area contributed by atoms with Crippen molar-refractivity contribution in [3.8, 4) is 11.3 Å². The summed E-state index contributed by atoms with van der Waals surface area (Å²) >= 11 is 0. The maximum Gasteiger partial charge on any atom is 0.162 e. The van der Waals surface area contributed by atoms with Crippen LogP contribution < -0.4 is 0 Å². The summed E-state index contributed by atoms with van der Waals surface area (Å²) in [6.45, 7) is 8.07. The standard InChI is InChI=1S/C20H12N.C13H24O2.Ir/c1-2-10-18-14(5-1)11-16-12-15-8-3-6-13-7-4-9-17(19(13)15)20(16)21-18;1-5-10(6-2)12(14)9-13(15)11(7-3)8-4;/h1-8,10-11H,12H2;9-11,14H,5-8H2,1-4H3;/q-1;;/b;12-9-;/i12D2;;. The van der Waals surface area contributed by atoms with E-state index >= 15 is 0 Å². The zero-order chi connectivity index (χ0) is 27.4. The minimum Gasteiger partial charge on any atom is -0.512 e. The van der Waals surface area contributed by atoms with Crippen LogP contribution in [0.1, 0.15) is 67.2 Å². The molecule has 0 atom stereocenters. The third kappa shape index (κ3) is 6.20. The zero-order valence-corrected chi connectivity index (χ0v) is 24.4. The number of hydrogen-bond acceptors (Lipinski definition) is 3. The summed E-state index contributed by atoms with van der Waals surface area (Å²) in [6, 6.07) is 22.7. The van der Waals surface area contributed by atoms with Gasteiger partial charge >= 0.3 is 0 Å². The zero-order valence-electron chi connectivity index (χ0n) is 24.0. The Morgan fingerprint density at radius 3 is 2.35 bits per heavy atom. The normalized spacial score (nSPS) is 14.4. The van der Waals surface area contributed by atoms with Gasteiger partial charge in [0, 0.05) is 40.8 Å². The van der Waals surface area contributed by atoms with Crippen LogP contribution >= 0.6 is 0 Å². The molecular weight excluding hydrogens is 635 g/mol. The number of ketones is 1. The number of fused-ring (bicyclic) bond motifs is 3. The van der Waals surface area contributed by atoms with Crippen molar-refractivity contribution in [2.45, 2.75) is 59.8 Å². The van der Waals surface area contributed by atoms with Crippen molar-refractivity contribution in [1.29, 1.82) is 0 Å². The second-order valence-electron chi connectivity index (χ2n) is 9.32. The van der Waals surface area contributed by atoms with Crippen LogP contribution in [0.5, 0.6) is 0 Å². The number of carbonyl (C=O) groups is 1. The van der Waals surface area contributed by atoms with E-state index in [0.717, 1.165) is 52.9 Å². The summed E-state index contributed by atoms with van der Waals surface area (Å²) in [7, 11) is 0. The first-order valence-electron chi connectivity index (χ1n) is 14.1. The fourth-order valence-electron chi connectivity index (χ4n) is 4.89. The van der Waals surface area contributed by atoms with Crippen molar-refractivity contribution in [3.63, 3.8) is 0 Å². The Labute approximate surface area is 237 Å². The predicted molar refractivity (Wildman–Crippen MR) is 150 cm³/mol. The molecule has 1 N–H and O–H groups in total. The molecule has 4 aromatic rings. The molecule has 0 amide bonds. The van der Waals surface area contributed by atoms with Crippen LogP contribution in [-0.4, -0.2) is 15.9 Å². The van der Waals surface area contributed by atoms with Crippen LogP contribution in [0.2, 0.25) is 0 Å². The van der Waals surface area contributed by atoms with Gasteiger partial charge in [0.15, 0.2) is 5.78 Å². The van der Waals surface area contributed by atoms with E-state index in [1.807, 2.05) is 88.4 Å². The molecule has 1 aliphatic rings. The van der Waals surface area contributed by atoms with E-state index in [0.29, 0.717) is 16.8 Å². The number of nitrogens with zero attached hydrogens (tertiary/aromatic N) is 1. The molecule has 1 radical (unpaired) electrons. The topological polar surface area (TPSA) is 50.2 Å². The van der Waals surface area contributed by atoms with Gasteiger partial charge in [0.05, 0.1) is 11.3 Å². The maximum atomic E-state index is 11.7. The Hall–Kier alpha value is -2.81. The van der Waals surface area contributed by atoms with Gasteiger partial charge in [-0.1, -0.05) is 86.7 Å². The number of aliphatic hydroxyl groups is 1. The second kappa shape index (κ2) is 13.1. The number of pyridine rings is 1. The third-order valence-corrected chi connectivity index (χ3v) is 7.15. The molecule has 0 fully saturated rings. The largest absolute Gasteiger partial charge is 0.512 e. The summed E-state index contributed by atoms with van der Waals surface area (Å²) in [5, 5.41) is 12.7. The van der Waals surface area contributed by atoms with Crippen LogP contribution in [0, 0.1) is 17.9 Å². The average Bonchev–Trinajstić information content (AvgIpc) is 2.92. The molecule has 0 saturated carbocycles. The Bertz CT molecular complexity index is 1480. The van der Waals surface area contributed by atoms with Crippen LogP contribution in [0.4, 0.5) is 0 Å². The van der Waals surface area contributed by atoms with Crippen molar-refractivity contribution < 1.29 is 32.7 Å². The molecule has 195 valence electrons. The van der Waals surface area contributed by atoms with E-state index in [9.17, 15) is 9.90 Å². The van der Waals surface area contributed by atoms with Crippen LogP contribution in [0.25, 0.3) is 32.9 Å². The van der Waals surface area contributed by atoms with Gasteiger partial charge in [0.2, 0.25) is 0 Å². The van der Waals surface area contributed by atoms with E-state index in [1.54, 1.807) is 0 Å². The molecule has 37 heavy (non-hydrogen) atoms. The number of allylic oxidation sites excluding steroid dienone is 2. The van der Waals surface area contributed by atoms with Crippen molar-refractivity contribution in [3.05, 3.63) is 89.7 Å². The van der Waals surface area contributed by atoms with Crippen LogP contribution in [0.15, 0.2) is 72.5 Å². The second-order valence-corrected chi connectivity index (χ2v) is 9.32. The quantitative estimate of drug-likeness (QED) is 0.122. The summed E-state index contributed by atoms with van der Waals surface area (Å²) < 4.78 is 17.4. The SMILES string of the molecule is CCC(CC)C(=O)/C=C(\O)C(CC)CC.[2H]C1([2H])c2cc3ccccc3nc2-c2[c-]ccc3cccc1c23.[Ir]. The van der Waals surface area contributed by atoms with Gasteiger partial charge in [0.1, 0.15) is 0 Å². The van der Waals surface area contributed by atoms with Gasteiger partial charge in [-0.15, -0.1) is 29.1 Å². The molecule has 0 aliphatic heterocycles. The molecule has 1 heterocycles. The summed E-state index contributed by atoms with van der Waals surface area (Å²) in [4.78, 5) is 16.5. The number of aliphatic hydroxyl groups excluding tert-OH is 1. The van der Waals surface area contributed by atoms with Gasteiger partial charge in [-0.05, 0) is 49.2 Å². The molecule has 5 rings (SSSR count). The summed E-state index contributed by atoms with van der Waals surface area (Å²) in [5.74, 6) is 0.547. The van der Waals surface area contributed by atoms with Gasteiger partial charge in [-0.25, -0.2) is 0 Å². The van der Waals surface area contributed by atoms with Crippen molar-refractivity contribution in [2.24, 2.45) is 11.8 Å². The van der Waals surface area contributed by atoms with E-state index in [4.69, 9.17) is 7.73 Å². The number of benzene rings is 3. The molecule has 1 aliphatic carbocycles.